The van der Waals surface area contributed by atoms with E-state index >= 15 is 0 Å². The first kappa shape index (κ1) is 21.1. The van der Waals surface area contributed by atoms with Crippen molar-refractivity contribution in [1.29, 1.82) is 0 Å². The number of phenolic OH excluding ortho intramolecular Hbond substituents is 1. The third kappa shape index (κ3) is 6.75. The number of ether oxygens (including phenoxy) is 2. The van der Waals surface area contributed by atoms with Crippen LogP contribution in [-0.4, -0.2) is 24.1 Å². The van der Waals surface area contributed by atoms with E-state index in [1.165, 1.54) is 11.1 Å². The van der Waals surface area contributed by atoms with Crippen molar-refractivity contribution in [2.75, 3.05) is 19.0 Å². The van der Waals surface area contributed by atoms with Gasteiger partial charge < -0.3 is 14.6 Å². The van der Waals surface area contributed by atoms with Crippen molar-refractivity contribution in [2.45, 2.75) is 25.7 Å². The number of hydrogen-bond acceptors (Lipinski definition) is 4. The zero-order chi connectivity index (χ0) is 20.6. The Balaban J connectivity index is 1.61. The first-order valence-electron chi connectivity index (χ1n) is 9.81. The van der Waals surface area contributed by atoms with Crippen molar-refractivity contribution in [2.24, 2.45) is 5.92 Å². The summed E-state index contributed by atoms with van der Waals surface area (Å²) in [5, 5.41) is 9.73. The van der Waals surface area contributed by atoms with Crippen molar-refractivity contribution in [1.82, 2.24) is 0 Å². The summed E-state index contributed by atoms with van der Waals surface area (Å²) in [5.41, 5.74) is 3.32. The van der Waals surface area contributed by atoms with Gasteiger partial charge in [-0.1, -0.05) is 35.4 Å². The van der Waals surface area contributed by atoms with Gasteiger partial charge in [-0.05, 0) is 68.8 Å². The lowest BCUT2D eigenvalue weighted by molar-refractivity contribution is 0.191. The van der Waals surface area contributed by atoms with E-state index in [2.05, 4.69) is 38.1 Å². The van der Waals surface area contributed by atoms with Crippen LogP contribution in [0.25, 0.3) is 0 Å². The smallest absolute Gasteiger partial charge is 0.119 e. The summed E-state index contributed by atoms with van der Waals surface area (Å²) in [4.78, 5) is 1.14. The van der Waals surface area contributed by atoms with Crippen LogP contribution in [-0.2, 0) is 0 Å². The molecule has 0 spiro atoms. The van der Waals surface area contributed by atoms with E-state index in [0.717, 1.165) is 27.7 Å². The Morgan fingerprint density at radius 3 is 1.76 bits per heavy atom. The molecule has 29 heavy (non-hydrogen) atoms. The van der Waals surface area contributed by atoms with Crippen molar-refractivity contribution in [3.05, 3.63) is 83.4 Å². The quantitative estimate of drug-likeness (QED) is 0.429. The second kappa shape index (κ2) is 10.3. The van der Waals surface area contributed by atoms with Crippen LogP contribution in [0, 0.1) is 26.7 Å². The Morgan fingerprint density at radius 2 is 1.28 bits per heavy atom. The van der Waals surface area contributed by atoms with E-state index < -0.39 is 0 Å². The lowest BCUT2D eigenvalue weighted by atomic mass is 10.2. The molecule has 0 aromatic heterocycles. The molecule has 1 N–H and O–H groups in total. The van der Waals surface area contributed by atoms with Gasteiger partial charge in [0, 0.05) is 16.6 Å². The van der Waals surface area contributed by atoms with Crippen LogP contribution in [0.15, 0.2) is 71.6 Å². The van der Waals surface area contributed by atoms with Gasteiger partial charge in [0.1, 0.15) is 17.2 Å². The summed E-state index contributed by atoms with van der Waals surface area (Å²) in [6.45, 7) is 7.21. The van der Waals surface area contributed by atoms with Gasteiger partial charge in [-0.2, -0.15) is 0 Å². The number of aryl methyl sites for hydroxylation is 3. The average Bonchev–Trinajstić information content (AvgIpc) is 2.72. The number of benzene rings is 3. The SMILES string of the molecule is Cc1ccc(OCC(COc2ccc(C)cc2)CSc2ccc(O)c(C)c2)cc1. The van der Waals surface area contributed by atoms with Crippen molar-refractivity contribution in [3.63, 3.8) is 0 Å². The van der Waals surface area contributed by atoms with E-state index in [9.17, 15) is 5.11 Å². The lowest BCUT2D eigenvalue weighted by Gasteiger charge is -2.19. The summed E-state index contributed by atoms with van der Waals surface area (Å²) in [5.74, 6) is 3.16. The van der Waals surface area contributed by atoms with Gasteiger partial charge >= 0.3 is 0 Å². The summed E-state index contributed by atoms with van der Waals surface area (Å²) in [6, 6.07) is 22.0. The Labute approximate surface area is 177 Å². The lowest BCUT2D eigenvalue weighted by Crippen LogP contribution is -2.22. The van der Waals surface area contributed by atoms with E-state index in [4.69, 9.17) is 9.47 Å². The maximum absolute atomic E-state index is 9.73. The molecule has 0 atom stereocenters. The number of hydrogen-bond donors (Lipinski definition) is 1. The topological polar surface area (TPSA) is 38.7 Å². The normalized spacial score (nSPS) is 10.9. The third-order valence-electron chi connectivity index (χ3n) is 4.67. The van der Waals surface area contributed by atoms with E-state index in [1.54, 1.807) is 17.8 Å². The van der Waals surface area contributed by atoms with Gasteiger partial charge in [0.2, 0.25) is 0 Å². The largest absolute Gasteiger partial charge is 0.508 e. The van der Waals surface area contributed by atoms with Gasteiger partial charge in [-0.3, -0.25) is 0 Å². The molecular weight excluding hydrogens is 380 g/mol. The molecule has 0 unspecified atom stereocenters. The molecule has 0 amide bonds. The van der Waals surface area contributed by atoms with Crippen LogP contribution in [0.1, 0.15) is 16.7 Å². The van der Waals surface area contributed by atoms with Gasteiger partial charge in [0.05, 0.1) is 13.2 Å². The summed E-state index contributed by atoms with van der Waals surface area (Å²) < 4.78 is 12.1. The zero-order valence-electron chi connectivity index (χ0n) is 17.2. The van der Waals surface area contributed by atoms with Gasteiger partial charge in [0.25, 0.3) is 0 Å². The first-order valence-corrected chi connectivity index (χ1v) is 10.8. The summed E-state index contributed by atoms with van der Waals surface area (Å²) >= 11 is 1.76. The van der Waals surface area contributed by atoms with Gasteiger partial charge in [-0.25, -0.2) is 0 Å². The molecule has 3 aromatic rings. The van der Waals surface area contributed by atoms with E-state index in [0.29, 0.717) is 19.0 Å². The highest BCUT2D eigenvalue weighted by atomic mass is 32.2. The zero-order valence-corrected chi connectivity index (χ0v) is 18.0. The molecule has 3 nitrogen and oxygen atoms in total. The average molecular weight is 409 g/mol. The molecule has 0 fully saturated rings. The predicted molar refractivity (Wildman–Crippen MR) is 120 cm³/mol. The molecule has 3 rings (SSSR count). The summed E-state index contributed by atoms with van der Waals surface area (Å²) in [6.07, 6.45) is 0. The second-order valence-corrected chi connectivity index (χ2v) is 8.47. The Kier molecular flexibility index (Phi) is 7.48. The standard InChI is InChI=1S/C25H28O3S/c1-18-4-8-22(9-5-18)27-15-21(16-28-23-10-6-19(2)7-11-23)17-29-24-12-13-25(26)20(3)14-24/h4-14,21,26H,15-17H2,1-3H3. The fraction of sp³-hybridized carbons (Fsp3) is 0.280. The number of thioether (sulfide) groups is 1. The molecule has 0 saturated carbocycles. The highest BCUT2D eigenvalue weighted by molar-refractivity contribution is 7.99. The molecule has 0 aliphatic rings. The fourth-order valence-electron chi connectivity index (χ4n) is 2.77. The van der Waals surface area contributed by atoms with Crippen LogP contribution in [0.3, 0.4) is 0 Å². The van der Waals surface area contributed by atoms with E-state index in [1.807, 2.05) is 43.3 Å². The number of phenols is 1. The maximum Gasteiger partial charge on any atom is 0.119 e. The number of rotatable bonds is 9. The van der Waals surface area contributed by atoms with Crippen LogP contribution >= 0.6 is 11.8 Å². The minimum atomic E-state index is 0.219. The molecule has 0 aliphatic heterocycles. The molecule has 0 aliphatic carbocycles. The summed E-state index contributed by atoms with van der Waals surface area (Å²) in [7, 11) is 0. The molecule has 0 heterocycles. The fourth-order valence-corrected chi connectivity index (χ4v) is 3.82. The molecule has 0 saturated heterocycles. The highest BCUT2D eigenvalue weighted by Crippen LogP contribution is 2.27. The monoisotopic (exact) mass is 408 g/mol. The molecule has 3 aromatic carbocycles. The predicted octanol–water partition coefficient (Wildman–Crippen LogP) is 6.18. The van der Waals surface area contributed by atoms with Crippen molar-refractivity contribution >= 4 is 11.8 Å². The Bertz CT molecular complexity index is 855. The van der Waals surface area contributed by atoms with Crippen LogP contribution in [0.2, 0.25) is 0 Å². The van der Waals surface area contributed by atoms with Crippen molar-refractivity contribution in [3.8, 4) is 17.2 Å². The van der Waals surface area contributed by atoms with Gasteiger partial charge in [-0.15, -0.1) is 11.8 Å². The molecule has 0 radical (unpaired) electrons. The van der Waals surface area contributed by atoms with Crippen molar-refractivity contribution < 1.29 is 14.6 Å². The maximum atomic E-state index is 9.73. The minimum absolute atomic E-state index is 0.219. The first-order chi connectivity index (χ1) is 14.0. The van der Waals surface area contributed by atoms with E-state index in [-0.39, 0.29) is 5.92 Å². The third-order valence-corrected chi connectivity index (χ3v) is 5.89. The Hall–Kier alpha value is -2.59. The molecular formula is C25H28O3S. The highest BCUT2D eigenvalue weighted by Gasteiger charge is 2.13. The number of aromatic hydroxyl groups is 1. The van der Waals surface area contributed by atoms with Crippen LogP contribution in [0.5, 0.6) is 17.2 Å². The minimum Gasteiger partial charge on any atom is -0.508 e. The second-order valence-electron chi connectivity index (χ2n) is 7.37. The Morgan fingerprint density at radius 1 is 0.759 bits per heavy atom. The molecule has 0 bridgehead atoms. The van der Waals surface area contributed by atoms with Gasteiger partial charge in [0.15, 0.2) is 0 Å². The molecule has 4 heteroatoms. The molecule has 152 valence electrons. The van der Waals surface area contributed by atoms with Crippen LogP contribution in [0.4, 0.5) is 0 Å². The van der Waals surface area contributed by atoms with Crippen LogP contribution < -0.4 is 9.47 Å².